The molecule has 0 heterocycles. The number of benzene rings is 2. The summed E-state index contributed by atoms with van der Waals surface area (Å²) in [6, 6.07) is 18.8. The van der Waals surface area contributed by atoms with Crippen molar-refractivity contribution in [2.45, 2.75) is 31.3 Å². The van der Waals surface area contributed by atoms with Gasteiger partial charge in [0.15, 0.2) is 0 Å². The molecule has 0 radical (unpaired) electrons. The van der Waals surface area contributed by atoms with Crippen molar-refractivity contribution in [2.24, 2.45) is 0 Å². The zero-order chi connectivity index (χ0) is 14.7. The van der Waals surface area contributed by atoms with Crippen molar-refractivity contribution in [3.05, 3.63) is 71.3 Å². The first-order chi connectivity index (χ1) is 10.2. The smallest absolute Gasteiger partial charge is 0.307 e. The summed E-state index contributed by atoms with van der Waals surface area (Å²) in [4.78, 5) is 10.9. The van der Waals surface area contributed by atoms with Gasteiger partial charge in [-0.25, -0.2) is 0 Å². The number of carboxylic acids is 1. The molecule has 3 nitrogen and oxygen atoms in total. The van der Waals surface area contributed by atoms with Crippen LogP contribution in [0.2, 0.25) is 0 Å². The summed E-state index contributed by atoms with van der Waals surface area (Å²) in [5.74, 6) is -0.186. The standard InChI is InChI=1S/C18H19NO2/c20-18(21)10-14-8-4-5-9-15(14)12-19-17-11-16(17)13-6-2-1-3-7-13/h1-9,16-17,19H,10-12H2,(H,20,21). The molecule has 0 amide bonds. The average Bonchev–Trinajstić information content (AvgIpc) is 3.26. The van der Waals surface area contributed by atoms with Crippen molar-refractivity contribution in [1.82, 2.24) is 5.32 Å². The highest BCUT2D eigenvalue weighted by atomic mass is 16.4. The highest BCUT2D eigenvalue weighted by molar-refractivity contribution is 5.70. The Hall–Kier alpha value is -2.13. The molecule has 0 spiro atoms. The predicted molar refractivity (Wildman–Crippen MR) is 82.2 cm³/mol. The molecule has 0 saturated heterocycles. The van der Waals surface area contributed by atoms with Crippen LogP contribution in [0.5, 0.6) is 0 Å². The number of carboxylic acid groups (broad SMARTS) is 1. The minimum Gasteiger partial charge on any atom is -0.481 e. The highest BCUT2D eigenvalue weighted by Gasteiger charge is 2.37. The van der Waals surface area contributed by atoms with E-state index in [1.807, 2.05) is 30.3 Å². The molecule has 21 heavy (non-hydrogen) atoms. The molecule has 3 rings (SSSR count). The molecule has 0 bridgehead atoms. The van der Waals surface area contributed by atoms with E-state index in [0.29, 0.717) is 12.0 Å². The van der Waals surface area contributed by atoms with Crippen molar-refractivity contribution in [2.75, 3.05) is 0 Å². The second kappa shape index (κ2) is 6.10. The van der Waals surface area contributed by atoms with E-state index in [9.17, 15) is 4.79 Å². The Morgan fingerprint density at radius 3 is 2.43 bits per heavy atom. The van der Waals surface area contributed by atoms with Crippen LogP contribution in [-0.2, 0) is 17.8 Å². The molecular weight excluding hydrogens is 262 g/mol. The summed E-state index contributed by atoms with van der Waals surface area (Å²) in [5, 5.41) is 12.5. The summed E-state index contributed by atoms with van der Waals surface area (Å²) in [6.07, 6.45) is 1.25. The molecule has 0 aliphatic heterocycles. The van der Waals surface area contributed by atoms with Gasteiger partial charge in [0.2, 0.25) is 0 Å². The van der Waals surface area contributed by atoms with E-state index < -0.39 is 5.97 Å². The van der Waals surface area contributed by atoms with Gasteiger partial charge in [-0.3, -0.25) is 4.79 Å². The minimum atomic E-state index is -0.781. The fourth-order valence-corrected chi connectivity index (χ4v) is 2.80. The molecule has 108 valence electrons. The van der Waals surface area contributed by atoms with Crippen LogP contribution in [0.3, 0.4) is 0 Å². The van der Waals surface area contributed by atoms with Gasteiger partial charge in [-0.15, -0.1) is 0 Å². The number of carbonyl (C=O) groups is 1. The van der Waals surface area contributed by atoms with Crippen LogP contribution in [0.15, 0.2) is 54.6 Å². The van der Waals surface area contributed by atoms with Gasteiger partial charge >= 0.3 is 5.97 Å². The molecule has 1 fully saturated rings. The third-order valence-corrected chi connectivity index (χ3v) is 4.03. The van der Waals surface area contributed by atoms with Crippen molar-refractivity contribution in [3.8, 4) is 0 Å². The topological polar surface area (TPSA) is 49.3 Å². The van der Waals surface area contributed by atoms with Gasteiger partial charge in [0.1, 0.15) is 0 Å². The maximum atomic E-state index is 10.9. The Morgan fingerprint density at radius 2 is 1.71 bits per heavy atom. The van der Waals surface area contributed by atoms with E-state index in [2.05, 4.69) is 29.6 Å². The van der Waals surface area contributed by atoms with Gasteiger partial charge in [0.05, 0.1) is 6.42 Å². The molecule has 2 atom stereocenters. The zero-order valence-electron chi connectivity index (χ0n) is 11.8. The molecule has 2 aromatic carbocycles. The van der Waals surface area contributed by atoms with E-state index in [-0.39, 0.29) is 6.42 Å². The van der Waals surface area contributed by atoms with Crippen LogP contribution < -0.4 is 5.32 Å². The summed E-state index contributed by atoms with van der Waals surface area (Å²) in [7, 11) is 0. The monoisotopic (exact) mass is 281 g/mol. The van der Waals surface area contributed by atoms with E-state index in [1.165, 1.54) is 5.56 Å². The Balaban J connectivity index is 1.58. The highest BCUT2D eigenvalue weighted by Crippen LogP contribution is 2.40. The molecule has 2 unspecified atom stereocenters. The number of aliphatic carboxylic acids is 1. The largest absolute Gasteiger partial charge is 0.481 e. The molecule has 1 aliphatic carbocycles. The third-order valence-electron chi connectivity index (χ3n) is 4.03. The first kappa shape index (κ1) is 13.8. The van der Waals surface area contributed by atoms with Crippen LogP contribution in [0, 0.1) is 0 Å². The van der Waals surface area contributed by atoms with Gasteiger partial charge in [0, 0.05) is 18.5 Å². The average molecular weight is 281 g/mol. The van der Waals surface area contributed by atoms with E-state index in [1.54, 1.807) is 0 Å². The Bertz CT molecular complexity index is 624. The number of rotatable bonds is 6. The lowest BCUT2D eigenvalue weighted by molar-refractivity contribution is -0.136. The zero-order valence-corrected chi connectivity index (χ0v) is 11.8. The number of hydrogen-bond donors (Lipinski definition) is 2. The second-order valence-corrected chi connectivity index (χ2v) is 5.58. The van der Waals surface area contributed by atoms with Crippen molar-refractivity contribution in [1.29, 1.82) is 0 Å². The molecule has 2 aromatic rings. The van der Waals surface area contributed by atoms with Crippen LogP contribution in [0.1, 0.15) is 29.0 Å². The summed E-state index contributed by atoms with van der Waals surface area (Å²) in [5.41, 5.74) is 3.36. The summed E-state index contributed by atoms with van der Waals surface area (Å²) >= 11 is 0. The van der Waals surface area contributed by atoms with E-state index in [4.69, 9.17) is 5.11 Å². The van der Waals surface area contributed by atoms with Crippen molar-refractivity contribution in [3.63, 3.8) is 0 Å². The van der Waals surface area contributed by atoms with Gasteiger partial charge in [-0.1, -0.05) is 54.6 Å². The quantitative estimate of drug-likeness (QED) is 0.856. The predicted octanol–water partition coefficient (Wildman–Crippen LogP) is 2.96. The van der Waals surface area contributed by atoms with Crippen LogP contribution in [0.25, 0.3) is 0 Å². The SMILES string of the molecule is O=C(O)Cc1ccccc1CNC1CC1c1ccccc1. The van der Waals surface area contributed by atoms with Crippen LogP contribution in [-0.4, -0.2) is 17.1 Å². The fraction of sp³-hybridized carbons (Fsp3) is 0.278. The maximum absolute atomic E-state index is 10.9. The normalized spacial score (nSPS) is 20.2. The molecule has 1 aliphatic rings. The lowest BCUT2D eigenvalue weighted by Gasteiger charge is -2.09. The molecule has 0 aromatic heterocycles. The summed E-state index contributed by atoms with van der Waals surface area (Å²) < 4.78 is 0. The molecular formula is C18H19NO2. The lowest BCUT2D eigenvalue weighted by atomic mass is 10.0. The van der Waals surface area contributed by atoms with Gasteiger partial charge in [-0.05, 0) is 23.1 Å². The Kier molecular flexibility index (Phi) is 4.02. The van der Waals surface area contributed by atoms with Crippen molar-refractivity contribution >= 4 is 5.97 Å². The minimum absolute atomic E-state index is 0.0879. The first-order valence-electron chi connectivity index (χ1n) is 7.31. The van der Waals surface area contributed by atoms with Crippen LogP contribution in [0.4, 0.5) is 0 Å². The molecule has 3 heteroatoms. The van der Waals surface area contributed by atoms with Gasteiger partial charge in [-0.2, -0.15) is 0 Å². The fourth-order valence-electron chi connectivity index (χ4n) is 2.80. The maximum Gasteiger partial charge on any atom is 0.307 e. The van der Waals surface area contributed by atoms with Crippen molar-refractivity contribution < 1.29 is 9.90 Å². The Labute approximate surface area is 124 Å². The molecule has 1 saturated carbocycles. The second-order valence-electron chi connectivity index (χ2n) is 5.58. The number of hydrogen-bond acceptors (Lipinski definition) is 2. The van der Waals surface area contributed by atoms with Gasteiger partial charge in [0.25, 0.3) is 0 Å². The summed E-state index contributed by atoms with van der Waals surface area (Å²) in [6.45, 7) is 0.734. The Morgan fingerprint density at radius 1 is 1.05 bits per heavy atom. The van der Waals surface area contributed by atoms with Crippen LogP contribution >= 0.6 is 0 Å². The third kappa shape index (κ3) is 3.50. The number of nitrogens with one attached hydrogen (secondary N) is 1. The van der Waals surface area contributed by atoms with E-state index >= 15 is 0 Å². The molecule has 2 N–H and O–H groups in total. The van der Waals surface area contributed by atoms with E-state index in [0.717, 1.165) is 24.1 Å². The lowest BCUT2D eigenvalue weighted by Crippen LogP contribution is -2.18. The first-order valence-corrected chi connectivity index (χ1v) is 7.31. The van der Waals surface area contributed by atoms with Gasteiger partial charge < -0.3 is 10.4 Å².